The highest BCUT2D eigenvalue weighted by atomic mass is 16.5. The first-order valence-corrected chi connectivity index (χ1v) is 8.19. The van der Waals surface area contributed by atoms with Crippen molar-refractivity contribution < 1.29 is 9.53 Å². The van der Waals surface area contributed by atoms with Gasteiger partial charge in [-0.05, 0) is 43.2 Å². The molecule has 0 bridgehead atoms. The summed E-state index contributed by atoms with van der Waals surface area (Å²) in [6.45, 7) is 5.44. The Morgan fingerprint density at radius 3 is 2.75 bits per heavy atom. The summed E-state index contributed by atoms with van der Waals surface area (Å²) < 4.78 is 5.28. The summed E-state index contributed by atoms with van der Waals surface area (Å²) in [5.41, 5.74) is 3.19. The maximum absolute atomic E-state index is 12.4. The molecule has 24 heavy (non-hydrogen) atoms. The largest absolute Gasteiger partial charge is 0.496 e. The van der Waals surface area contributed by atoms with Gasteiger partial charge in [0.25, 0.3) is 0 Å². The number of methoxy groups -OCH3 is 1. The number of carbonyl (C=O) groups is 1. The van der Waals surface area contributed by atoms with Crippen LogP contribution in [0.5, 0.6) is 5.75 Å². The Bertz CT molecular complexity index is 712. The maximum Gasteiger partial charge on any atom is 0.317 e. The predicted molar refractivity (Wildman–Crippen MR) is 93.2 cm³/mol. The van der Waals surface area contributed by atoms with Crippen molar-refractivity contribution in [2.75, 3.05) is 20.2 Å². The van der Waals surface area contributed by atoms with Gasteiger partial charge in [0.05, 0.1) is 13.2 Å². The lowest BCUT2D eigenvalue weighted by molar-refractivity contribution is 0.147. The van der Waals surface area contributed by atoms with Crippen LogP contribution < -0.4 is 10.1 Å². The highest BCUT2D eigenvalue weighted by molar-refractivity contribution is 5.76. The molecule has 3 rings (SSSR count). The average Bonchev–Trinajstić information content (AvgIpc) is 2.54. The smallest absolute Gasteiger partial charge is 0.317 e. The number of aromatic nitrogens is 1. The Morgan fingerprint density at radius 2 is 2.12 bits per heavy atom. The maximum atomic E-state index is 12.4. The molecular weight excluding hydrogens is 302 g/mol. The summed E-state index contributed by atoms with van der Waals surface area (Å²) in [4.78, 5) is 18.5. The minimum Gasteiger partial charge on any atom is -0.496 e. The number of pyridine rings is 1. The van der Waals surface area contributed by atoms with Crippen LogP contribution in [0.1, 0.15) is 35.7 Å². The number of benzene rings is 1. The first-order valence-electron chi connectivity index (χ1n) is 8.19. The van der Waals surface area contributed by atoms with E-state index in [4.69, 9.17) is 4.74 Å². The fourth-order valence-corrected chi connectivity index (χ4v) is 2.98. The molecule has 0 aliphatic carbocycles. The second-order valence-corrected chi connectivity index (χ2v) is 6.26. The molecule has 2 aromatic rings. The van der Waals surface area contributed by atoms with Crippen LogP contribution in [0.25, 0.3) is 0 Å². The van der Waals surface area contributed by atoms with Gasteiger partial charge in [-0.3, -0.25) is 4.98 Å². The van der Waals surface area contributed by atoms with Gasteiger partial charge in [0, 0.05) is 30.9 Å². The van der Waals surface area contributed by atoms with Gasteiger partial charge in [0.1, 0.15) is 5.75 Å². The van der Waals surface area contributed by atoms with Gasteiger partial charge in [0.2, 0.25) is 0 Å². The molecule has 1 aromatic carbocycles. The van der Waals surface area contributed by atoms with E-state index in [9.17, 15) is 4.79 Å². The SMILES string of the molecule is COc1ccc([C@@H](C)NC(=O)N2CC(c3ccccn3)C2)cc1C. The second kappa shape index (κ2) is 6.91. The Morgan fingerprint density at radius 1 is 1.33 bits per heavy atom. The number of hydrogen-bond acceptors (Lipinski definition) is 3. The van der Waals surface area contributed by atoms with Gasteiger partial charge < -0.3 is 15.0 Å². The van der Waals surface area contributed by atoms with E-state index in [1.165, 1.54) is 0 Å². The van der Waals surface area contributed by atoms with Crippen molar-refractivity contribution in [2.45, 2.75) is 25.8 Å². The van der Waals surface area contributed by atoms with E-state index in [1.807, 2.05) is 49.1 Å². The number of nitrogens with one attached hydrogen (secondary N) is 1. The van der Waals surface area contributed by atoms with Gasteiger partial charge in [-0.15, -0.1) is 0 Å². The topological polar surface area (TPSA) is 54.5 Å². The van der Waals surface area contributed by atoms with Crippen molar-refractivity contribution in [2.24, 2.45) is 0 Å². The Hall–Kier alpha value is -2.56. The first kappa shape index (κ1) is 16.3. The highest BCUT2D eigenvalue weighted by Crippen LogP contribution is 2.26. The van der Waals surface area contributed by atoms with Crippen molar-refractivity contribution >= 4 is 6.03 Å². The van der Waals surface area contributed by atoms with E-state index >= 15 is 0 Å². The zero-order valence-corrected chi connectivity index (χ0v) is 14.3. The Labute approximate surface area is 142 Å². The summed E-state index contributed by atoms with van der Waals surface area (Å²) in [6, 6.07) is 11.8. The molecule has 0 spiro atoms. The molecule has 1 aliphatic heterocycles. The lowest BCUT2D eigenvalue weighted by atomic mass is 9.96. The van der Waals surface area contributed by atoms with Crippen molar-refractivity contribution in [3.63, 3.8) is 0 Å². The summed E-state index contributed by atoms with van der Waals surface area (Å²) in [6.07, 6.45) is 1.80. The molecule has 0 radical (unpaired) electrons. The predicted octanol–water partition coefficient (Wildman–Crippen LogP) is 3.27. The molecule has 1 aromatic heterocycles. The fourth-order valence-electron chi connectivity index (χ4n) is 2.98. The summed E-state index contributed by atoms with van der Waals surface area (Å²) in [7, 11) is 1.66. The summed E-state index contributed by atoms with van der Waals surface area (Å²) >= 11 is 0. The average molecular weight is 325 g/mol. The van der Waals surface area contributed by atoms with Crippen molar-refractivity contribution in [1.29, 1.82) is 0 Å². The molecule has 2 heterocycles. The van der Waals surface area contributed by atoms with E-state index in [-0.39, 0.29) is 12.1 Å². The second-order valence-electron chi connectivity index (χ2n) is 6.26. The monoisotopic (exact) mass is 325 g/mol. The van der Waals surface area contributed by atoms with E-state index in [0.717, 1.165) is 35.7 Å². The molecular formula is C19H23N3O2. The van der Waals surface area contributed by atoms with Crippen molar-refractivity contribution in [1.82, 2.24) is 15.2 Å². The Kier molecular flexibility index (Phi) is 4.69. The van der Waals surface area contributed by atoms with E-state index in [2.05, 4.69) is 16.4 Å². The highest BCUT2D eigenvalue weighted by Gasteiger charge is 2.32. The Balaban J connectivity index is 1.55. The quantitative estimate of drug-likeness (QED) is 0.938. The fraction of sp³-hybridized carbons (Fsp3) is 0.368. The van der Waals surface area contributed by atoms with Crippen LogP contribution in [0.2, 0.25) is 0 Å². The molecule has 0 saturated carbocycles. The minimum absolute atomic E-state index is 0.0249. The van der Waals surface area contributed by atoms with E-state index in [1.54, 1.807) is 13.3 Å². The van der Waals surface area contributed by atoms with Gasteiger partial charge in [-0.1, -0.05) is 18.2 Å². The molecule has 5 nitrogen and oxygen atoms in total. The zero-order valence-electron chi connectivity index (χ0n) is 14.3. The number of urea groups is 1. The molecule has 1 aliphatic rings. The van der Waals surface area contributed by atoms with Gasteiger partial charge in [0.15, 0.2) is 0 Å². The lowest BCUT2D eigenvalue weighted by Crippen LogP contribution is -2.53. The number of likely N-dealkylation sites (tertiary alicyclic amines) is 1. The summed E-state index contributed by atoms with van der Waals surface area (Å²) in [5.74, 6) is 1.20. The minimum atomic E-state index is -0.0454. The molecule has 1 saturated heterocycles. The number of ether oxygens (including phenoxy) is 1. The van der Waals surface area contributed by atoms with E-state index < -0.39 is 0 Å². The summed E-state index contributed by atoms with van der Waals surface area (Å²) in [5, 5.41) is 3.06. The van der Waals surface area contributed by atoms with Crippen LogP contribution in [0, 0.1) is 6.92 Å². The third kappa shape index (κ3) is 3.35. The number of aryl methyl sites for hydroxylation is 1. The van der Waals surface area contributed by atoms with Crippen LogP contribution in [0.4, 0.5) is 4.79 Å². The number of hydrogen-bond donors (Lipinski definition) is 1. The molecule has 1 N–H and O–H groups in total. The third-order valence-electron chi connectivity index (χ3n) is 4.53. The standard InChI is InChI=1S/C19H23N3O2/c1-13-10-15(7-8-18(13)24-3)14(2)21-19(23)22-11-16(12-22)17-6-4-5-9-20-17/h4-10,14,16H,11-12H2,1-3H3,(H,21,23)/t14-/m1/s1. The number of rotatable bonds is 4. The lowest BCUT2D eigenvalue weighted by Gasteiger charge is -2.39. The molecule has 126 valence electrons. The molecule has 0 unspecified atom stereocenters. The van der Waals surface area contributed by atoms with Gasteiger partial charge in [-0.2, -0.15) is 0 Å². The van der Waals surface area contributed by atoms with Gasteiger partial charge in [-0.25, -0.2) is 4.79 Å². The van der Waals surface area contributed by atoms with Crippen LogP contribution in [-0.2, 0) is 0 Å². The normalized spacial score (nSPS) is 15.5. The van der Waals surface area contributed by atoms with Gasteiger partial charge >= 0.3 is 6.03 Å². The number of carbonyl (C=O) groups excluding carboxylic acids is 1. The van der Waals surface area contributed by atoms with Crippen LogP contribution in [0.3, 0.4) is 0 Å². The van der Waals surface area contributed by atoms with Crippen LogP contribution in [0.15, 0.2) is 42.6 Å². The third-order valence-corrected chi connectivity index (χ3v) is 4.53. The van der Waals surface area contributed by atoms with Crippen LogP contribution >= 0.6 is 0 Å². The molecule has 1 fully saturated rings. The zero-order chi connectivity index (χ0) is 17.1. The number of amides is 2. The number of nitrogens with zero attached hydrogens (tertiary/aromatic N) is 2. The van der Waals surface area contributed by atoms with Crippen LogP contribution in [-0.4, -0.2) is 36.1 Å². The molecule has 1 atom stereocenters. The molecule has 5 heteroatoms. The molecule has 2 amide bonds. The van der Waals surface area contributed by atoms with E-state index in [0.29, 0.717) is 5.92 Å². The van der Waals surface area contributed by atoms with Crippen molar-refractivity contribution in [3.05, 3.63) is 59.4 Å². The van der Waals surface area contributed by atoms with Crippen molar-refractivity contribution in [3.8, 4) is 5.75 Å². The first-order chi connectivity index (χ1) is 11.6.